The van der Waals surface area contributed by atoms with Gasteiger partial charge in [0.25, 0.3) is 0 Å². The van der Waals surface area contributed by atoms with Crippen molar-refractivity contribution in [2.75, 3.05) is 0 Å². The topological polar surface area (TPSA) is 65.0 Å². The average molecular weight is 428 g/mol. The van der Waals surface area contributed by atoms with Crippen LogP contribution in [0, 0.1) is 0 Å². The van der Waals surface area contributed by atoms with Crippen LogP contribution in [0.1, 0.15) is 54.4 Å². The van der Waals surface area contributed by atoms with Gasteiger partial charge in [-0.2, -0.15) is 0 Å². The number of oxime groups is 1. The maximum Gasteiger partial charge on any atom is 0.362 e. The van der Waals surface area contributed by atoms with Crippen LogP contribution in [0.3, 0.4) is 0 Å². The van der Waals surface area contributed by atoms with E-state index in [9.17, 15) is 9.59 Å². The van der Waals surface area contributed by atoms with Crippen LogP contribution in [0.2, 0.25) is 0 Å². The van der Waals surface area contributed by atoms with Gasteiger partial charge in [0.05, 0.1) is 12.1 Å². The Morgan fingerprint density at radius 3 is 2.41 bits per heavy atom. The number of benzene rings is 3. The Bertz CT molecular complexity index is 1180. The van der Waals surface area contributed by atoms with E-state index in [0.29, 0.717) is 11.3 Å². The summed E-state index contributed by atoms with van der Waals surface area (Å²) in [7, 11) is 0. The number of ether oxygens (including phenoxy) is 1. The van der Waals surface area contributed by atoms with E-state index in [1.807, 2.05) is 48.5 Å². The van der Waals surface area contributed by atoms with Crippen LogP contribution in [0.25, 0.3) is 10.8 Å². The van der Waals surface area contributed by atoms with E-state index in [4.69, 9.17) is 9.57 Å². The minimum atomic E-state index is -1.80. The van der Waals surface area contributed by atoms with Gasteiger partial charge >= 0.3 is 11.6 Å². The molecule has 5 heteroatoms. The Morgan fingerprint density at radius 2 is 1.59 bits per heavy atom. The number of carbonyl (C=O) groups is 2. The van der Waals surface area contributed by atoms with Gasteiger partial charge in [-0.15, -0.1) is 0 Å². The Hall–Kier alpha value is -3.47. The van der Waals surface area contributed by atoms with Crippen molar-refractivity contribution in [1.82, 2.24) is 0 Å². The quantitative estimate of drug-likeness (QED) is 0.308. The maximum absolute atomic E-state index is 13.6. The number of hydrogen-bond donors (Lipinski definition) is 0. The van der Waals surface area contributed by atoms with E-state index in [1.165, 1.54) is 0 Å². The minimum Gasteiger partial charge on any atom is -0.459 e. The highest BCUT2D eigenvalue weighted by Crippen LogP contribution is 2.35. The summed E-state index contributed by atoms with van der Waals surface area (Å²) in [6.07, 6.45) is 4.69. The average Bonchev–Trinajstić information content (AvgIpc) is 3.31. The van der Waals surface area contributed by atoms with Gasteiger partial charge in [0, 0.05) is 11.1 Å². The molecule has 32 heavy (non-hydrogen) atoms. The summed E-state index contributed by atoms with van der Waals surface area (Å²) in [5, 5.41) is 6.33. The lowest BCUT2D eigenvalue weighted by Gasteiger charge is -2.28. The molecule has 1 aliphatic carbocycles. The molecule has 1 heterocycles. The second-order valence-electron chi connectivity index (χ2n) is 8.52. The number of esters is 1. The third kappa shape index (κ3) is 3.68. The molecule has 3 aromatic carbocycles. The Morgan fingerprint density at radius 1 is 0.875 bits per heavy atom. The lowest BCUT2D eigenvalue weighted by molar-refractivity contribution is -0.170. The van der Waals surface area contributed by atoms with E-state index in [2.05, 4.69) is 5.16 Å². The van der Waals surface area contributed by atoms with Gasteiger partial charge in [-0.25, -0.2) is 4.79 Å². The molecule has 0 radical (unpaired) electrons. The van der Waals surface area contributed by atoms with E-state index in [-0.39, 0.29) is 12.5 Å². The molecule has 5 rings (SSSR count). The zero-order valence-corrected chi connectivity index (χ0v) is 17.8. The molecular formula is C27H25NO4. The fourth-order valence-electron chi connectivity index (χ4n) is 4.63. The number of nitrogens with zero attached hydrogens (tertiary/aromatic N) is 1. The van der Waals surface area contributed by atoms with Crippen LogP contribution in [0.5, 0.6) is 0 Å². The summed E-state index contributed by atoms with van der Waals surface area (Å²) in [4.78, 5) is 32.8. The zero-order valence-electron chi connectivity index (χ0n) is 17.8. The van der Waals surface area contributed by atoms with Crippen molar-refractivity contribution >= 4 is 28.2 Å². The summed E-state index contributed by atoms with van der Waals surface area (Å²) in [5.74, 6) is -1.06. The van der Waals surface area contributed by atoms with Crippen LogP contribution in [-0.4, -0.2) is 29.2 Å². The second kappa shape index (κ2) is 8.58. The van der Waals surface area contributed by atoms with E-state index >= 15 is 0 Å². The lowest BCUT2D eigenvalue weighted by atomic mass is 9.85. The molecule has 1 aliphatic heterocycles. The van der Waals surface area contributed by atoms with Crippen molar-refractivity contribution in [3.8, 4) is 0 Å². The highest BCUT2D eigenvalue weighted by atomic mass is 16.7. The minimum absolute atomic E-state index is 0.0420. The molecule has 1 unspecified atom stereocenters. The first-order valence-electron chi connectivity index (χ1n) is 11.2. The first-order chi connectivity index (χ1) is 15.7. The molecule has 0 amide bonds. The monoisotopic (exact) mass is 427 g/mol. The summed E-state index contributed by atoms with van der Waals surface area (Å²) < 4.78 is 5.83. The van der Waals surface area contributed by atoms with Crippen molar-refractivity contribution in [3.63, 3.8) is 0 Å². The molecule has 1 atom stereocenters. The standard InChI is InChI=1S/C27H25NO4/c29-25(20-11-3-1-4-12-20)27(26(30)31-21-14-5-2-6-15-21)18-24(28-32-27)23-17-9-13-19-10-7-8-16-22(19)23/h1,3-4,7-13,16-17,21H,2,5-6,14-15,18H2. The molecule has 162 valence electrons. The fraction of sp³-hybridized carbons (Fsp3) is 0.296. The van der Waals surface area contributed by atoms with Crippen molar-refractivity contribution in [2.45, 2.75) is 50.2 Å². The maximum atomic E-state index is 13.6. The van der Waals surface area contributed by atoms with Crippen LogP contribution >= 0.6 is 0 Å². The number of rotatable bonds is 5. The van der Waals surface area contributed by atoms with E-state index in [1.54, 1.807) is 24.3 Å². The molecular weight excluding hydrogens is 402 g/mol. The molecule has 0 saturated heterocycles. The summed E-state index contributed by atoms with van der Waals surface area (Å²) in [6.45, 7) is 0. The highest BCUT2D eigenvalue weighted by molar-refractivity contribution is 6.22. The van der Waals surface area contributed by atoms with Gasteiger partial charge in [-0.1, -0.05) is 84.4 Å². The van der Waals surface area contributed by atoms with Crippen LogP contribution in [0.15, 0.2) is 78.0 Å². The number of carbonyl (C=O) groups excluding carboxylic acids is 2. The van der Waals surface area contributed by atoms with Crippen molar-refractivity contribution < 1.29 is 19.2 Å². The fourth-order valence-corrected chi connectivity index (χ4v) is 4.63. The first-order valence-corrected chi connectivity index (χ1v) is 11.2. The Kier molecular flexibility index (Phi) is 5.48. The zero-order chi connectivity index (χ0) is 22.0. The highest BCUT2D eigenvalue weighted by Gasteiger charge is 2.55. The predicted octanol–water partition coefficient (Wildman–Crippen LogP) is 5.46. The third-order valence-corrected chi connectivity index (χ3v) is 6.39. The van der Waals surface area contributed by atoms with Gasteiger partial charge < -0.3 is 9.57 Å². The summed E-state index contributed by atoms with van der Waals surface area (Å²) in [6, 6.07) is 22.6. The molecule has 3 aromatic rings. The molecule has 1 saturated carbocycles. The van der Waals surface area contributed by atoms with Gasteiger partial charge in [0.2, 0.25) is 5.78 Å². The van der Waals surface area contributed by atoms with Gasteiger partial charge in [0.15, 0.2) is 0 Å². The molecule has 2 aliphatic rings. The van der Waals surface area contributed by atoms with Crippen molar-refractivity contribution in [2.24, 2.45) is 5.16 Å². The Balaban J connectivity index is 1.50. The summed E-state index contributed by atoms with van der Waals surface area (Å²) in [5.41, 5.74) is 0.0379. The molecule has 0 N–H and O–H groups in total. The van der Waals surface area contributed by atoms with Crippen molar-refractivity contribution in [1.29, 1.82) is 0 Å². The summed E-state index contributed by atoms with van der Waals surface area (Å²) >= 11 is 0. The SMILES string of the molecule is O=C(OC1CCCCC1)C1(C(=O)c2ccccc2)CC(c2cccc3ccccc23)=NO1. The number of fused-ring (bicyclic) bond motifs is 1. The number of Topliss-reactive ketones (excluding diaryl/α,β-unsaturated/α-hetero) is 1. The smallest absolute Gasteiger partial charge is 0.362 e. The third-order valence-electron chi connectivity index (χ3n) is 6.39. The van der Waals surface area contributed by atoms with Gasteiger partial charge in [0.1, 0.15) is 6.10 Å². The number of ketones is 1. The Labute approximate surface area is 187 Å². The first kappa shape index (κ1) is 20.4. The molecule has 0 spiro atoms. The van der Waals surface area contributed by atoms with Crippen LogP contribution in [0.4, 0.5) is 0 Å². The molecule has 1 fully saturated rings. The second-order valence-corrected chi connectivity index (χ2v) is 8.52. The molecule has 0 bridgehead atoms. The number of hydrogen-bond acceptors (Lipinski definition) is 5. The van der Waals surface area contributed by atoms with Gasteiger partial charge in [-0.3, -0.25) is 4.79 Å². The largest absolute Gasteiger partial charge is 0.459 e. The molecule has 5 nitrogen and oxygen atoms in total. The molecule has 0 aromatic heterocycles. The van der Waals surface area contributed by atoms with E-state index < -0.39 is 17.4 Å². The van der Waals surface area contributed by atoms with Crippen molar-refractivity contribution in [3.05, 3.63) is 83.9 Å². The normalized spacial score (nSPS) is 21.1. The van der Waals surface area contributed by atoms with Crippen LogP contribution in [-0.2, 0) is 14.4 Å². The van der Waals surface area contributed by atoms with Crippen LogP contribution < -0.4 is 0 Å². The lowest BCUT2D eigenvalue weighted by Crippen LogP contribution is -2.49. The van der Waals surface area contributed by atoms with Gasteiger partial charge in [-0.05, 0) is 36.5 Å². The van der Waals surface area contributed by atoms with E-state index in [0.717, 1.165) is 48.4 Å². The predicted molar refractivity (Wildman–Crippen MR) is 123 cm³/mol.